The highest BCUT2D eigenvalue weighted by molar-refractivity contribution is 5.44. The largest absolute Gasteiger partial charge is 0.234 e. The van der Waals surface area contributed by atoms with E-state index in [0.29, 0.717) is 0 Å². The molecule has 3 rings (SSSR count). The Kier molecular flexibility index (Phi) is 3.01. The van der Waals surface area contributed by atoms with Crippen molar-refractivity contribution in [2.75, 3.05) is 0 Å². The van der Waals surface area contributed by atoms with Crippen molar-refractivity contribution in [3.8, 4) is 11.8 Å². The molecule has 5 heteroatoms. The molecule has 3 nitrogen and oxygen atoms in total. The summed E-state index contributed by atoms with van der Waals surface area (Å²) in [5, 5.41) is 13.1. The van der Waals surface area contributed by atoms with E-state index >= 15 is 0 Å². The van der Waals surface area contributed by atoms with Crippen molar-refractivity contribution < 1.29 is 8.78 Å². The van der Waals surface area contributed by atoms with Crippen molar-refractivity contribution in [2.24, 2.45) is 0 Å². The summed E-state index contributed by atoms with van der Waals surface area (Å²) >= 11 is 0. The van der Waals surface area contributed by atoms with Crippen molar-refractivity contribution in [3.05, 3.63) is 46.3 Å². The van der Waals surface area contributed by atoms with Crippen molar-refractivity contribution in [3.63, 3.8) is 0 Å². The molecule has 0 fully saturated rings. The number of halogens is 2. The maximum absolute atomic E-state index is 14.1. The Bertz CT molecular complexity index is 726. The Morgan fingerprint density at radius 1 is 1.20 bits per heavy atom. The van der Waals surface area contributed by atoms with Gasteiger partial charge in [-0.15, -0.1) is 0 Å². The summed E-state index contributed by atoms with van der Waals surface area (Å²) < 4.78 is 29.2. The van der Waals surface area contributed by atoms with Gasteiger partial charge in [-0.2, -0.15) is 10.4 Å². The first kappa shape index (κ1) is 12.8. The SMILES string of the molecule is Cc1c2c(nn1-c1cc(F)c(C#N)cc1F)CCCC2. The van der Waals surface area contributed by atoms with Gasteiger partial charge in [0, 0.05) is 11.8 Å². The molecule has 102 valence electrons. The topological polar surface area (TPSA) is 41.6 Å². The van der Waals surface area contributed by atoms with Crippen LogP contribution in [0.3, 0.4) is 0 Å². The predicted molar refractivity (Wildman–Crippen MR) is 69.6 cm³/mol. The van der Waals surface area contributed by atoms with E-state index in [1.807, 2.05) is 6.92 Å². The molecular formula is C15H13F2N3. The molecule has 0 radical (unpaired) electrons. The van der Waals surface area contributed by atoms with E-state index < -0.39 is 11.6 Å². The zero-order chi connectivity index (χ0) is 14.3. The fourth-order valence-electron chi connectivity index (χ4n) is 2.73. The zero-order valence-electron chi connectivity index (χ0n) is 11.1. The average Bonchev–Trinajstić information content (AvgIpc) is 2.78. The van der Waals surface area contributed by atoms with Crippen molar-refractivity contribution in [2.45, 2.75) is 32.6 Å². The lowest BCUT2D eigenvalue weighted by atomic mass is 9.96. The summed E-state index contributed by atoms with van der Waals surface area (Å²) in [6, 6.07) is 3.60. The maximum atomic E-state index is 14.1. The third kappa shape index (κ3) is 1.88. The minimum Gasteiger partial charge on any atom is -0.234 e. The third-order valence-electron chi connectivity index (χ3n) is 3.80. The van der Waals surface area contributed by atoms with E-state index in [4.69, 9.17) is 5.26 Å². The summed E-state index contributed by atoms with van der Waals surface area (Å²) in [5.41, 5.74) is 2.73. The second-order valence-electron chi connectivity index (χ2n) is 5.02. The molecule has 0 atom stereocenters. The van der Waals surface area contributed by atoms with Crippen LogP contribution < -0.4 is 0 Å². The summed E-state index contributed by atoms with van der Waals surface area (Å²) in [7, 11) is 0. The van der Waals surface area contributed by atoms with Crippen LogP contribution in [-0.4, -0.2) is 9.78 Å². The second-order valence-corrected chi connectivity index (χ2v) is 5.02. The van der Waals surface area contributed by atoms with Gasteiger partial charge >= 0.3 is 0 Å². The summed E-state index contributed by atoms with van der Waals surface area (Å²) in [5.74, 6) is -1.36. The average molecular weight is 273 g/mol. The van der Waals surface area contributed by atoms with Crippen LogP contribution in [0.2, 0.25) is 0 Å². The molecule has 0 unspecified atom stereocenters. The third-order valence-corrected chi connectivity index (χ3v) is 3.80. The van der Waals surface area contributed by atoms with Gasteiger partial charge in [0.05, 0.1) is 11.3 Å². The van der Waals surface area contributed by atoms with Crippen LogP contribution in [-0.2, 0) is 12.8 Å². The van der Waals surface area contributed by atoms with Crippen molar-refractivity contribution in [1.29, 1.82) is 5.26 Å². The van der Waals surface area contributed by atoms with Crippen molar-refractivity contribution in [1.82, 2.24) is 9.78 Å². The van der Waals surface area contributed by atoms with E-state index in [2.05, 4.69) is 5.10 Å². The van der Waals surface area contributed by atoms with E-state index in [0.717, 1.165) is 54.8 Å². The Morgan fingerprint density at radius 3 is 2.65 bits per heavy atom. The smallest absolute Gasteiger partial charge is 0.150 e. The number of nitrogens with zero attached hydrogens (tertiary/aromatic N) is 3. The van der Waals surface area contributed by atoms with Crippen LogP contribution in [0, 0.1) is 29.9 Å². The summed E-state index contributed by atoms with van der Waals surface area (Å²) in [6.07, 6.45) is 3.99. The molecule has 0 saturated carbocycles. The number of rotatable bonds is 1. The first-order valence-corrected chi connectivity index (χ1v) is 6.58. The molecular weight excluding hydrogens is 260 g/mol. The molecule has 1 aromatic carbocycles. The zero-order valence-corrected chi connectivity index (χ0v) is 11.1. The Labute approximate surface area is 115 Å². The van der Waals surface area contributed by atoms with Gasteiger partial charge < -0.3 is 0 Å². The van der Waals surface area contributed by atoms with Gasteiger partial charge in [-0.3, -0.25) is 0 Å². The van der Waals surface area contributed by atoms with E-state index in [1.165, 1.54) is 4.68 Å². The molecule has 1 heterocycles. The quantitative estimate of drug-likeness (QED) is 0.800. The first-order chi connectivity index (χ1) is 9.61. The highest BCUT2D eigenvalue weighted by atomic mass is 19.1. The van der Waals surface area contributed by atoms with Crippen LogP contribution in [0.15, 0.2) is 12.1 Å². The summed E-state index contributed by atoms with van der Waals surface area (Å²) in [4.78, 5) is 0. The van der Waals surface area contributed by atoms with Gasteiger partial charge in [-0.1, -0.05) is 0 Å². The molecule has 20 heavy (non-hydrogen) atoms. The summed E-state index contributed by atoms with van der Waals surface area (Å²) in [6.45, 7) is 1.87. The standard InChI is InChI=1S/C15H13F2N3/c1-9-11-4-2-3-5-14(11)19-20(9)15-7-12(16)10(8-18)6-13(15)17/h6-7H,2-5H2,1H3. The lowest BCUT2D eigenvalue weighted by molar-refractivity contribution is 0.581. The Morgan fingerprint density at radius 2 is 1.95 bits per heavy atom. The second kappa shape index (κ2) is 4.71. The molecule has 1 aliphatic carbocycles. The highest BCUT2D eigenvalue weighted by Crippen LogP contribution is 2.27. The van der Waals surface area contributed by atoms with Crippen LogP contribution >= 0.6 is 0 Å². The number of aromatic nitrogens is 2. The molecule has 1 aromatic heterocycles. The van der Waals surface area contributed by atoms with Crippen molar-refractivity contribution >= 4 is 0 Å². The van der Waals surface area contributed by atoms with Gasteiger partial charge in [0.1, 0.15) is 23.4 Å². The fraction of sp³-hybridized carbons (Fsp3) is 0.333. The Balaban J connectivity index is 2.17. The normalized spacial score (nSPS) is 13.9. The molecule has 0 bridgehead atoms. The highest BCUT2D eigenvalue weighted by Gasteiger charge is 2.21. The number of hydrogen-bond acceptors (Lipinski definition) is 2. The number of aryl methyl sites for hydroxylation is 1. The molecule has 0 saturated heterocycles. The van der Waals surface area contributed by atoms with E-state index in [9.17, 15) is 8.78 Å². The number of fused-ring (bicyclic) bond motifs is 1. The lowest BCUT2D eigenvalue weighted by Crippen LogP contribution is -2.04. The molecule has 0 spiro atoms. The van der Waals surface area contributed by atoms with Gasteiger partial charge in [-0.25, -0.2) is 13.5 Å². The van der Waals surface area contributed by atoms with Crippen LogP contribution in [0.4, 0.5) is 8.78 Å². The van der Waals surface area contributed by atoms with Gasteiger partial charge in [-0.05, 0) is 44.2 Å². The number of nitriles is 1. The van der Waals surface area contributed by atoms with Crippen LogP contribution in [0.1, 0.15) is 35.4 Å². The first-order valence-electron chi connectivity index (χ1n) is 6.58. The monoisotopic (exact) mass is 273 g/mol. The lowest BCUT2D eigenvalue weighted by Gasteiger charge is -2.09. The van der Waals surface area contributed by atoms with E-state index in [-0.39, 0.29) is 11.3 Å². The minimum absolute atomic E-state index is 0.0633. The molecule has 2 aromatic rings. The van der Waals surface area contributed by atoms with E-state index in [1.54, 1.807) is 6.07 Å². The van der Waals surface area contributed by atoms with Gasteiger partial charge in [0.25, 0.3) is 0 Å². The van der Waals surface area contributed by atoms with Gasteiger partial charge in [0.2, 0.25) is 0 Å². The molecule has 0 aliphatic heterocycles. The predicted octanol–water partition coefficient (Wildman–Crippen LogP) is 3.21. The number of hydrogen-bond donors (Lipinski definition) is 0. The fourth-order valence-corrected chi connectivity index (χ4v) is 2.73. The van der Waals surface area contributed by atoms with Gasteiger partial charge in [0.15, 0.2) is 0 Å². The molecule has 0 N–H and O–H groups in total. The number of benzene rings is 1. The van der Waals surface area contributed by atoms with Crippen LogP contribution in [0.25, 0.3) is 5.69 Å². The minimum atomic E-state index is -0.725. The molecule has 1 aliphatic rings. The Hall–Kier alpha value is -2.22. The van der Waals surface area contributed by atoms with Crippen LogP contribution in [0.5, 0.6) is 0 Å². The maximum Gasteiger partial charge on any atom is 0.150 e. The molecule has 0 amide bonds.